The van der Waals surface area contributed by atoms with Crippen molar-refractivity contribution in [3.63, 3.8) is 0 Å². The predicted octanol–water partition coefficient (Wildman–Crippen LogP) is 2.11. The number of methoxy groups -OCH3 is 1. The number of carbonyl (C=O) groups is 1. The number of amides is 1. The Morgan fingerprint density at radius 2 is 2.00 bits per heavy atom. The van der Waals surface area contributed by atoms with Gasteiger partial charge in [0.2, 0.25) is 5.91 Å². The van der Waals surface area contributed by atoms with Gasteiger partial charge in [0.15, 0.2) is 9.84 Å². The highest BCUT2D eigenvalue weighted by Gasteiger charge is 2.26. The average Bonchev–Trinajstić information content (AvgIpc) is 2.72. The van der Waals surface area contributed by atoms with Crippen molar-refractivity contribution in [1.29, 1.82) is 0 Å². The maximum atomic E-state index is 12.6. The lowest BCUT2D eigenvalue weighted by Crippen LogP contribution is -2.42. The number of hydrogen-bond donors (Lipinski definition) is 1. The molecule has 0 radical (unpaired) electrons. The van der Waals surface area contributed by atoms with Crippen LogP contribution in [0.25, 0.3) is 0 Å². The fraction of sp³-hybridized carbons (Fsp3) is 0.667. The number of nitrogens with one attached hydrogen (secondary N) is 1. The molecule has 1 N–H and O–H groups in total. The van der Waals surface area contributed by atoms with E-state index in [1.54, 1.807) is 24.3 Å². The maximum Gasteiger partial charge on any atom is 0.223 e. The predicted molar refractivity (Wildman–Crippen MR) is 113 cm³/mol. The minimum absolute atomic E-state index is 0.00672. The van der Waals surface area contributed by atoms with Crippen molar-refractivity contribution in [2.24, 2.45) is 5.92 Å². The Morgan fingerprint density at radius 3 is 2.66 bits per heavy atom. The second-order valence-corrected chi connectivity index (χ2v) is 9.79. The van der Waals surface area contributed by atoms with Gasteiger partial charge >= 0.3 is 0 Å². The summed E-state index contributed by atoms with van der Waals surface area (Å²) in [6, 6.07) is 6.57. The highest BCUT2D eigenvalue weighted by molar-refractivity contribution is 7.91. The highest BCUT2D eigenvalue weighted by Crippen LogP contribution is 2.20. The van der Waals surface area contributed by atoms with Crippen LogP contribution in [0, 0.1) is 5.92 Å². The first-order chi connectivity index (χ1) is 13.8. The van der Waals surface area contributed by atoms with Crippen LogP contribution in [0.1, 0.15) is 33.1 Å². The van der Waals surface area contributed by atoms with Crippen LogP contribution in [-0.2, 0) is 19.4 Å². The Labute approximate surface area is 174 Å². The molecule has 0 saturated carbocycles. The van der Waals surface area contributed by atoms with Crippen molar-refractivity contribution in [1.82, 2.24) is 10.2 Å². The first-order valence-electron chi connectivity index (χ1n) is 10.3. The summed E-state index contributed by atoms with van der Waals surface area (Å²) in [7, 11) is -1.84. The summed E-state index contributed by atoms with van der Waals surface area (Å²) in [4.78, 5) is 14.7. The third-order valence-corrected chi connectivity index (χ3v) is 6.80. The van der Waals surface area contributed by atoms with Crippen LogP contribution in [0.15, 0.2) is 29.2 Å². The molecule has 8 heteroatoms. The summed E-state index contributed by atoms with van der Waals surface area (Å²) in [6.07, 6.45) is 2.54. The number of ether oxygens (including phenoxy) is 2. The Bertz CT molecular complexity index is 743. The van der Waals surface area contributed by atoms with Crippen molar-refractivity contribution in [3.05, 3.63) is 24.3 Å². The molecular formula is C21H34N2O5S. The van der Waals surface area contributed by atoms with Crippen LogP contribution < -0.4 is 10.1 Å². The number of piperidine rings is 1. The standard InChI is InChI=1S/C21H34N2O5S/c1-17(2)28-14-5-10-22-21(24)18-8-11-23(12-9-18)13-15-29(25,26)20-7-4-6-19(16-20)27-3/h4,6-7,16-18H,5,8-15H2,1-3H3,(H,22,24). The average molecular weight is 427 g/mol. The van der Waals surface area contributed by atoms with Crippen LogP contribution in [0.2, 0.25) is 0 Å². The van der Waals surface area contributed by atoms with E-state index in [4.69, 9.17) is 9.47 Å². The molecule has 1 aromatic rings. The Kier molecular flexibility index (Phi) is 9.39. The summed E-state index contributed by atoms with van der Waals surface area (Å²) >= 11 is 0. The van der Waals surface area contributed by atoms with Gasteiger partial charge in [0.05, 0.1) is 23.9 Å². The molecule has 1 amide bonds. The lowest BCUT2D eigenvalue weighted by Gasteiger charge is -2.31. The van der Waals surface area contributed by atoms with Crippen LogP contribution in [0.4, 0.5) is 0 Å². The largest absolute Gasteiger partial charge is 0.497 e. The van der Waals surface area contributed by atoms with Gasteiger partial charge < -0.3 is 19.7 Å². The molecule has 1 aromatic carbocycles. The van der Waals surface area contributed by atoms with Gasteiger partial charge in [0.25, 0.3) is 0 Å². The van der Waals surface area contributed by atoms with E-state index in [0.29, 0.717) is 25.4 Å². The molecule has 0 atom stereocenters. The fourth-order valence-corrected chi connectivity index (χ4v) is 4.64. The molecule has 1 heterocycles. The van der Waals surface area contributed by atoms with E-state index in [1.807, 2.05) is 13.8 Å². The van der Waals surface area contributed by atoms with E-state index in [-0.39, 0.29) is 28.6 Å². The molecule has 0 aromatic heterocycles. The van der Waals surface area contributed by atoms with Gasteiger partial charge in [-0.2, -0.15) is 0 Å². The molecule has 2 rings (SSSR count). The summed E-state index contributed by atoms with van der Waals surface area (Å²) in [5, 5.41) is 2.98. The van der Waals surface area contributed by atoms with Gasteiger partial charge in [0.1, 0.15) is 5.75 Å². The van der Waals surface area contributed by atoms with Gasteiger partial charge in [0, 0.05) is 25.6 Å². The number of likely N-dealkylation sites (tertiary alicyclic amines) is 1. The molecule has 1 saturated heterocycles. The second kappa shape index (κ2) is 11.5. The van der Waals surface area contributed by atoms with Crippen molar-refractivity contribution in [2.45, 2.75) is 44.1 Å². The zero-order chi connectivity index (χ0) is 21.3. The smallest absolute Gasteiger partial charge is 0.223 e. The van der Waals surface area contributed by atoms with E-state index in [0.717, 1.165) is 32.4 Å². The van der Waals surface area contributed by atoms with Crippen molar-refractivity contribution < 1.29 is 22.7 Å². The normalized spacial score (nSPS) is 16.1. The first-order valence-corrected chi connectivity index (χ1v) is 12.0. The Hall–Kier alpha value is -1.64. The van der Waals surface area contributed by atoms with Gasteiger partial charge in [-0.05, 0) is 64.4 Å². The lowest BCUT2D eigenvalue weighted by molar-refractivity contribution is -0.126. The fourth-order valence-electron chi connectivity index (χ4n) is 3.33. The number of nitrogens with zero attached hydrogens (tertiary/aromatic N) is 1. The van der Waals surface area contributed by atoms with E-state index in [1.165, 1.54) is 7.11 Å². The number of rotatable bonds is 11. The van der Waals surface area contributed by atoms with Crippen molar-refractivity contribution in [2.75, 3.05) is 45.6 Å². The monoisotopic (exact) mass is 426 g/mol. The molecule has 1 aliphatic heterocycles. The molecule has 7 nitrogen and oxygen atoms in total. The summed E-state index contributed by atoms with van der Waals surface area (Å²) in [5.41, 5.74) is 0. The lowest BCUT2D eigenvalue weighted by atomic mass is 9.96. The molecule has 1 aliphatic rings. The SMILES string of the molecule is COc1cccc(S(=O)(=O)CCN2CCC(C(=O)NCCCOC(C)C)CC2)c1. The molecule has 0 unspecified atom stereocenters. The third-order valence-electron chi connectivity index (χ3n) is 5.11. The molecule has 0 bridgehead atoms. The number of hydrogen-bond acceptors (Lipinski definition) is 6. The molecular weight excluding hydrogens is 392 g/mol. The maximum absolute atomic E-state index is 12.6. The summed E-state index contributed by atoms with van der Waals surface area (Å²) < 4.78 is 35.7. The number of benzene rings is 1. The zero-order valence-electron chi connectivity index (χ0n) is 17.7. The van der Waals surface area contributed by atoms with Crippen molar-refractivity contribution >= 4 is 15.7 Å². The van der Waals surface area contributed by atoms with Crippen LogP contribution in [0.5, 0.6) is 5.75 Å². The summed E-state index contributed by atoms with van der Waals surface area (Å²) in [5.74, 6) is 0.700. The quantitative estimate of drug-likeness (QED) is 0.546. The van der Waals surface area contributed by atoms with Crippen LogP contribution in [0.3, 0.4) is 0 Å². The summed E-state index contributed by atoms with van der Waals surface area (Å²) in [6.45, 7) is 7.22. The van der Waals surface area contributed by atoms with Crippen molar-refractivity contribution in [3.8, 4) is 5.75 Å². The van der Waals surface area contributed by atoms with Gasteiger partial charge in [-0.15, -0.1) is 0 Å². The minimum Gasteiger partial charge on any atom is -0.497 e. The minimum atomic E-state index is -3.36. The van der Waals surface area contributed by atoms with Crippen LogP contribution in [-0.4, -0.2) is 71.0 Å². The zero-order valence-corrected chi connectivity index (χ0v) is 18.5. The third kappa shape index (κ3) is 7.95. The van der Waals surface area contributed by atoms with Gasteiger partial charge in [-0.3, -0.25) is 4.79 Å². The van der Waals surface area contributed by atoms with E-state index in [2.05, 4.69) is 10.2 Å². The molecule has 164 valence electrons. The number of sulfone groups is 1. The molecule has 0 spiro atoms. The molecule has 0 aliphatic carbocycles. The van der Waals surface area contributed by atoms with Gasteiger partial charge in [-0.25, -0.2) is 8.42 Å². The Balaban J connectivity index is 1.70. The Morgan fingerprint density at radius 1 is 1.28 bits per heavy atom. The highest BCUT2D eigenvalue weighted by atomic mass is 32.2. The first kappa shape index (κ1) is 23.6. The van der Waals surface area contributed by atoms with Crippen LogP contribution >= 0.6 is 0 Å². The topological polar surface area (TPSA) is 84.9 Å². The second-order valence-electron chi connectivity index (χ2n) is 7.68. The molecule has 29 heavy (non-hydrogen) atoms. The van der Waals surface area contributed by atoms with E-state index in [9.17, 15) is 13.2 Å². The van der Waals surface area contributed by atoms with Gasteiger partial charge in [-0.1, -0.05) is 6.07 Å². The number of carbonyl (C=O) groups excluding carboxylic acids is 1. The molecule has 1 fully saturated rings. The van der Waals surface area contributed by atoms with E-state index < -0.39 is 9.84 Å². The van der Waals surface area contributed by atoms with E-state index >= 15 is 0 Å².